The van der Waals surface area contributed by atoms with Gasteiger partial charge in [0.1, 0.15) is 6.04 Å². The number of carbonyl (C=O) groups is 2. The van der Waals surface area contributed by atoms with E-state index in [4.69, 9.17) is 34.8 Å². The normalized spacial score (nSPS) is 12.2. The fourth-order valence-corrected chi connectivity index (χ4v) is 5.53. The highest BCUT2D eigenvalue weighted by Gasteiger charge is 2.29. The van der Waals surface area contributed by atoms with Crippen LogP contribution >= 0.6 is 34.8 Å². The van der Waals surface area contributed by atoms with Crippen molar-refractivity contribution in [1.29, 1.82) is 0 Å². The number of carbonyl (C=O) groups excluding carboxylic acids is 2. The Morgan fingerprint density at radius 1 is 1.03 bits per heavy atom. The molecule has 0 spiro atoms. The highest BCUT2D eigenvalue weighted by Crippen LogP contribution is 2.27. The Morgan fingerprint density at radius 2 is 1.67 bits per heavy atom. The smallest absolute Gasteiger partial charge is 0.242 e. The summed E-state index contributed by atoms with van der Waals surface area (Å²) in [6, 6.07) is 9.32. The van der Waals surface area contributed by atoms with Crippen LogP contribution in [0.15, 0.2) is 36.4 Å². The lowest BCUT2D eigenvalue weighted by atomic mass is 10.1. The molecule has 2 rings (SSSR count). The summed E-state index contributed by atoms with van der Waals surface area (Å²) in [5, 5.41) is 4.06. The molecular weight excluding hydrogens is 545 g/mol. The molecule has 0 radical (unpaired) electrons. The van der Waals surface area contributed by atoms with Gasteiger partial charge in [-0.25, -0.2) is 8.42 Å². The van der Waals surface area contributed by atoms with Crippen molar-refractivity contribution in [2.24, 2.45) is 0 Å². The second kappa shape index (κ2) is 13.5. The average Bonchev–Trinajstić information content (AvgIpc) is 2.79. The molecule has 0 aliphatic carbocycles. The molecule has 11 heteroatoms. The lowest BCUT2D eigenvalue weighted by molar-refractivity contribution is -0.141. The Balaban J connectivity index is 2.27. The van der Waals surface area contributed by atoms with Crippen LogP contribution < -0.4 is 9.62 Å². The van der Waals surface area contributed by atoms with Crippen molar-refractivity contribution in [2.45, 2.75) is 52.6 Å². The first-order valence-electron chi connectivity index (χ1n) is 11.6. The fraction of sp³-hybridized carbons (Fsp3) is 0.440. The van der Waals surface area contributed by atoms with Gasteiger partial charge in [0.25, 0.3) is 0 Å². The maximum absolute atomic E-state index is 13.4. The number of halogens is 3. The number of aryl methyl sites for hydroxylation is 1. The third-order valence-corrected chi connectivity index (χ3v) is 7.69. The van der Waals surface area contributed by atoms with E-state index in [0.29, 0.717) is 39.3 Å². The van der Waals surface area contributed by atoms with E-state index in [9.17, 15) is 18.0 Å². The van der Waals surface area contributed by atoms with E-state index >= 15 is 0 Å². The van der Waals surface area contributed by atoms with E-state index in [0.717, 1.165) is 11.8 Å². The van der Waals surface area contributed by atoms with E-state index in [1.165, 1.54) is 9.21 Å². The van der Waals surface area contributed by atoms with Crippen molar-refractivity contribution in [3.63, 3.8) is 0 Å². The van der Waals surface area contributed by atoms with Crippen LogP contribution in [-0.4, -0.2) is 50.5 Å². The Morgan fingerprint density at radius 3 is 2.25 bits per heavy atom. The Bertz CT molecular complexity index is 1190. The van der Waals surface area contributed by atoms with Gasteiger partial charge >= 0.3 is 0 Å². The Hall–Kier alpha value is -2.00. The zero-order valence-corrected chi connectivity index (χ0v) is 23.9. The van der Waals surface area contributed by atoms with E-state index < -0.39 is 16.1 Å². The lowest BCUT2D eigenvalue weighted by Gasteiger charge is -2.31. The van der Waals surface area contributed by atoms with Crippen molar-refractivity contribution in [1.82, 2.24) is 10.2 Å². The van der Waals surface area contributed by atoms with Crippen molar-refractivity contribution in [3.8, 4) is 0 Å². The van der Waals surface area contributed by atoms with Gasteiger partial charge in [0, 0.05) is 41.1 Å². The van der Waals surface area contributed by atoms with Crippen LogP contribution in [0.4, 0.5) is 5.69 Å². The standard InChI is InChI=1S/C25H32Cl3N3O4S/c1-5-22(25(33)29-6-2)30(16-18-10-12-19(26)14-21(18)28)24(32)8-7-13-31(36(4,34)35)23-15-20(27)11-9-17(23)3/h9-12,14-15,22H,5-8,13,16H2,1-4H3,(H,29,33)/t22-/m1/s1. The van der Waals surface area contributed by atoms with Gasteiger partial charge in [0.15, 0.2) is 0 Å². The second-order valence-corrected chi connectivity index (χ2v) is 11.6. The molecule has 0 aromatic heterocycles. The summed E-state index contributed by atoms with van der Waals surface area (Å²) in [5.41, 5.74) is 1.87. The SMILES string of the molecule is CCNC(=O)[C@@H](CC)N(Cc1ccc(Cl)cc1Cl)C(=O)CCCN(c1cc(Cl)ccc1C)S(C)(=O)=O. The first-order valence-corrected chi connectivity index (χ1v) is 14.6. The summed E-state index contributed by atoms with van der Waals surface area (Å²) in [5.74, 6) is -0.541. The number of benzene rings is 2. The molecule has 1 N–H and O–H groups in total. The lowest BCUT2D eigenvalue weighted by Crippen LogP contribution is -2.49. The molecule has 36 heavy (non-hydrogen) atoms. The van der Waals surface area contributed by atoms with Gasteiger partial charge in [0.2, 0.25) is 21.8 Å². The maximum Gasteiger partial charge on any atom is 0.242 e. The first-order chi connectivity index (χ1) is 16.9. The summed E-state index contributed by atoms with van der Waals surface area (Å²) in [6.07, 6.45) is 1.80. The monoisotopic (exact) mass is 575 g/mol. The molecule has 0 saturated heterocycles. The predicted molar refractivity (Wildman–Crippen MR) is 147 cm³/mol. The number of rotatable bonds is 12. The number of hydrogen-bond donors (Lipinski definition) is 1. The molecule has 0 bridgehead atoms. The molecule has 0 aliphatic rings. The third-order valence-electron chi connectivity index (χ3n) is 5.68. The predicted octanol–water partition coefficient (Wildman–Crippen LogP) is 5.44. The van der Waals surface area contributed by atoms with Crippen LogP contribution in [0.3, 0.4) is 0 Å². The molecule has 2 amide bonds. The van der Waals surface area contributed by atoms with Crippen molar-refractivity contribution < 1.29 is 18.0 Å². The number of nitrogens with zero attached hydrogens (tertiary/aromatic N) is 2. The minimum Gasteiger partial charge on any atom is -0.355 e. The van der Waals surface area contributed by atoms with Gasteiger partial charge in [-0.2, -0.15) is 0 Å². The van der Waals surface area contributed by atoms with E-state index in [2.05, 4.69) is 5.32 Å². The van der Waals surface area contributed by atoms with Crippen molar-refractivity contribution >= 4 is 62.3 Å². The fourth-order valence-electron chi connectivity index (χ4n) is 3.88. The molecule has 1 atom stereocenters. The van der Waals surface area contributed by atoms with Crippen LogP contribution in [0.2, 0.25) is 15.1 Å². The number of likely N-dealkylation sites (N-methyl/N-ethyl adjacent to an activating group) is 1. The van der Waals surface area contributed by atoms with Crippen molar-refractivity contribution in [2.75, 3.05) is 23.7 Å². The minimum absolute atomic E-state index is 0.0345. The molecule has 0 aliphatic heterocycles. The highest BCUT2D eigenvalue weighted by atomic mass is 35.5. The van der Waals surface area contributed by atoms with E-state index in [1.54, 1.807) is 43.3 Å². The van der Waals surface area contributed by atoms with Crippen LogP contribution in [0.25, 0.3) is 0 Å². The zero-order valence-electron chi connectivity index (χ0n) is 20.9. The van der Waals surface area contributed by atoms with Gasteiger partial charge in [-0.3, -0.25) is 13.9 Å². The Kier molecular flexibility index (Phi) is 11.3. The molecule has 0 saturated carbocycles. The quantitative estimate of drug-likeness (QED) is 0.364. The summed E-state index contributed by atoms with van der Waals surface area (Å²) < 4.78 is 26.3. The van der Waals surface area contributed by atoms with Crippen molar-refractivity contribution in [3.05, 3.63) is 62.6 Å². The summed E-state index contributed by atoms with van der Waals surface area (Å²) in [7, 11) is -3.62. The molecule has 2 aromatic rings. The minimum atomic E-state index is -3.62. The molecule has 0 heterocycles. The number of sulfonamides is 1. The number of nitrogens with one attached hydrogen (secondary N) is 1. The summed E-state index contributed by atoms with van der Waals surface area (Å²) >= 11 is 18.5. The third kappa shape index (κ3) is 8.26. The number of anilines is 1. The first kappa shape index (κ1) is 30.2. The van der Waals surface area contributed by atoms with Crippen LogP contribution in [0.5, 0.6) is 0 Å². The zero-order chi connectivity index (χ0) is 27.0. The Labute approximate surface area is 228 Å². The largest absolute Gasteiger partial charge is 0.355 e. The van der Waals surface area contributed by atoms with E-state index in [1.807, 2.05) is 13.8 Å². The van der Waals surface area contributed by atoms with Crippen LogP contribution in [0.1, 0.15) is 44.2 Å². The maximum atomic E-state index is 13.4. The van der Waals surface area contributed by atoms with Gasteiger partial charge < -0.3 is 10.2 Å². The van der Waals surface area contributed by atoms with E-state index in [-0.39, 0.29) is 37.7 Å². The molecule has 198 valence electrons. The molecule has 7 nitrogen and oxygen atoms in total. The van der Waals surface area contributed by atoms with Gasteiger partial charge in [0.05, 0.1) is 11.9 Å². The molecule has 2 aromatic carbocycles. The highest BCUT2D eigenvalue weighted by molar-refractivity contribution is 7.92. The number of hydrogen-bond acceptors (Lipinski definition) is 4. The molecular formula is C25H32Cl3N3O4S. The van der Waals surface area contributed by atoms with Crippen LogP contribution in [-0.2, 0) is 26.2 Å². The van der Waals surface area contributed by atoms with Crippen LogP contribution in [0, 0.1) is 6.92 Å². The number of amides is 2. The summed E-state index contributed by atoms with van der Waals surface area (Å²) in [6.45, 7) is 6.07. The van der Waals surface area contributed by atoms with Gasteiger partial charge in [-0.15, -0.1) is 0 Å². The molecule has 0 fully saturated rings. The second-order valence-electron chi connectivity index (χ2n) is 8.45. The summed E-state index contributed by atoms with van der Waals surface area (Å²) in [4.78, 5) is 27.7. The van der Waals surface area contributed by atoms with Gasteiger partial charge in [-0.05, 0) is 62.1 Å². The molecule has 0 unspecified atom stereocenters. The van der Waals surface area contributed by atoms with Gasteiger partial charge in [-0.1, -0.05) is 53.9 Å². The topological polar surface area (TPSA) is 86.8 Å². The average molecular weight is 577 g/mol.